The first-order chi connectivity index (χ1) is 8.83. The lowest BCUT2D eigenvalue weighted by molar-refractivity contribution is 0.490. The summed E-state index contributed by atoms with van der Waals surface area (Å²) in [7, 11) is 2.04. The number of rotatable bonds is 6. The lowest BCUT2D eigenvalue weighted by Gasteiger charge is -2.13. The first-order valence-corrected chi connectivity index (χ1v) is 6.85. The van der Waals surface area contributed by atoms with E-state index in [1.54, 1.807) is 0 Å². The molecular formula is C16H22N2. The molecule has 96 valence electrons. The summed E-state index contributed by atoms with van der Waals surface area (Å²) in [5.74, 6) is 0. The SMILES string of the molecule is CCC(CCCc1ccc2ccccc2n1)NC. The summed E-state index contributed by atoms with van der Waals surface area (Å²) in [6.07, 6.45) is 4.69. The zero-order valence-electron chi connectivity index (χ0n) is 11.3. The average molecular weight is 242 g/mol. The molecular weight excluding hydrogens is 220 g/mol. The molecule has 0 saturated carbocycles. The summed E-state index contributed by atoms with van der Waals surface area (Å²) in [5, 5.41) is 4.57. The molecule has 18 heavy (non-hydrogen) atoms. The molecule has 1 aromatic carbocycles. The van der Waals surface area contributed by atoms with Crippen molar-refractivity contribution in [3.63, 3.8) is 0 Å². The Morgan fingerprint density at radius 1 is 1.17 bits per heavy atom. The Hall–Kier alpha value is -1.41. The van der Waals surface area contributed by atoms with Crippen LogP contribution in [0.1, 0.15) is 31.9 Å². The van der Waals surface area contributed by atoms with Crippen molar-refractivity contribution in [2.24, 2.45) is 0 Å². The van der Waals surface area contributed by atoms with Gasteiger partial charge in [0.05, 0.1) is 5.52 Å². The Kier molecular flexibility index (Phi) is 4.71. The third-order valence-corrected chi connectivity index (χ3v) is 3.54. The van der Waals surface area contributed by atoms with Crippen molar-refractivity contribution in [1.82, 2.24) is 10.3 Å². The Bertz CT molecular complexity index is 489. The fraction of sp³-hybridized carbons (Fsp3) is 0.438. The molecule has 0 radical (unpaired) electrons. The quantitative estimate of drug-likeness (QED) is 0.838. The highest BCUT2D eigenvalue weighted by Crippen LogP contribution is 2.13. The maximum atomic E-state index is 4.70. The van der Waals surface area contributed by atoms with Gasteiger partial charge in [-0.05, 0) is 44.9 Å². The molecule has 1 heterocycles. The standard InChI is InChI=1S/C16H22N2/c1-3-14(17-2)8-6-9-15-12-11-13-7-4-5-10-16(13)18-15/h4-5,7,10-12,14,17H,3,6,8-9H2,1-2H3. The van der Waals surface area contributed by atoms with Gasteiger partial charge in [-0.25, -0.2) is 0 Å². The van der Waals surface area contributed by atoms with Crippen molar-refractivity contribution in [2.75, 3.05) is 7.05 Å². The molecule has 0 fully saturated rings. The maximum absolute atomic E-state index is 4.70. The van der Waals surface area contributed by atoms with E-state index in [1.807, 2.05) is 13.1 Å². The molecule has 0 saturated heterocycles. The Labute approximate surface area is 109 Å². The highest BCUT2D eigenvalue weighted by molar-refractivity contribution is 5.78. The molecule has 0 aliphatic heterocycles. The molecule has 0 amide bonds. The highest BCUT2D eigenvalue weighted by atomic mass is 14.9. The van der Waals surface area contributed by atoms with E-state index >= 15 is 0 Å². The van der Waals surface area contributed by atoms with Crippen LogP contribution >= 0.6 is 0 Å². The lowest BCUT2D eigenvalue weighted by Crippen LogP contribution is -2.24. The zero-order chi connectivity index (χ0) is 12.8. The average Bonchev–Trinajstić information content (AvgIpc) is 2.43. The number of para-hydroxylation sites is 1. The van der Waals surface area contributed by atoms with Crippen LogP contribution in [0.3, 0.4) is 0 Å². The number of benzene rings is 1. The van der Waals surface area contributed by atoms with Gasteiger partial charge in [-0.2, -0.15) is 0 Å². The minimum atomic E-state index is 0.644. The van der Waals surface area contributed by atoms with Crippen molar-refractivity contribution in [3.8, 4) is 0 Å². The number of aryl methyl sites for hydroxylation is 1. The van der Waals surface area contributed by atoms with E-state index in [-0.39, 0.29) is 0 Å². The van der Waals surface area contributed by atoms with E-state index in [4.69, 9.17) is 4.98 Å². The van der Waals surface area contributed by atoms with Gasteiger partial charge in [-0.1, -0.05) is 31.2 Å². The van der Waals surface area contributed by atoms with Gasteiger partial charge in [0, 0.05) is 17.1 Å². The van der Waals surface area contributed by atoms with Crippen LogP contribution in [0.15, 0.2) is 36.4 Å². The number of fused-ring (bicyclic) bond motifs is 1. The first kappa shape index (κ1) is 13.0. The monoisotopic (exact) mass is 242 g/mol. The topological polar surface area (TPSA) is 24.9 Å². The number of pyridine rings is 1. The van der Waals surface area contributed by atoms with Crippen molar-refractivity contribution >= 4 is 10.9 Å². The Morgan fingerprint density at radius 3 is 2.78 bits per heavy atom. The smallest absolute Gasteiger partial charge is 0.0705 e. The molecule has 1 aromatic heterocycles. The highest BCUT2D eigenvalue weighted by Gasteiger charge is 2.03. The van der Waals surface area contributed by atoms with E-state index in [9.17, 15) is 0 Å². The van der Waals surface area contributed by atoms with Gasteiger partial charge in [0.15, 0.2) is 0 Å². The van der Waals surface area contributed by atoms with Crippen LogP contribution in [0.25, 0.3) is 10.9 Å². The predicted octanol–water partition coefficient (Wildman–Crippen LogP) is 3.56. The Morgan fingerprint density at radius 2 is 2.00 bits per heavy atom. The van der Waals surface area contributed by atoms with Crippen LogP contribution in [0, 0.1) is 0 Å². The third kappa shape index (κ3) is 3.30. The molecule has 1 N–H and O–H groups in total. The largest absolute Gasteiger partial charge is 0.317 e. The van der Waals surface area contributed by atoms with Gasteiger partial charge in [0.2, 0.25) is 0 Å². The number of nitrogens with zero attached hydrogens (tertiary/aromatic N) is 1. The Balaban J connectivity index is 1.95. The van der Waals surface area contributed by atoms with Gasteiger partial charge in [0.25, 0.3) is 0 Å². The van der Waals surface area contributed by atoms with Gasteiger partial charge in [-0.15, -0.1) is 0 Å². The van der Waals surface area contributed by atoms with Crippen molar-refractivity contribution in [3.05, 3.63) is 42.1 Å². The second kappa shape index (κ2) is 6.50. The second-order valence-corrected chi connectivity index (χ2v) is 4.78. The normalized spacial score (nSPS) is 12.8. The van der Waals surface area contributed by atoms with Gasteiger partial charge < -0.3 is 5.32 Å². The van der Waals surface area contributed by atoms with Gasteiger partial charge >= 0.3 is 0 Å². The fourth-order valence-electron chi connectivity index (χ4n) is 2.33. The maximum Gasteiger partial charge on any atom is 0.0705 e. The molecule has 2 rings (SSSR count). The van der Waals surface area contributed by atoms with E-state index < -0.39 is 0 Å². The van der Waals surface area contributed by atoms with Crippen LogP contribution in [0.5, 0.6) is 0 Å². The van der Waals surface area contributed by atoms with Crippen LogP contribution in [-0.2, 0) is 6.42 Å². The van der Waals surface area contributed by atoms with Crippen molar-refractivity contribution in [2.45, 2.75) is 38.6 Å². The van der Waals surface area contributed by atoms with E-state index in [1.165, 1.54) is 30.3 Å². The summed E-state index contributed by atoms with van der Waals surface area (Å²) in [5.41, 5.74) is 2.32. The first-order valence-electron chi connectivity index (χ1n) is 6.85. The van der Waals surface area contributed by atoms with Crippen LogP contribution in [0.4, 0.5) is 0 Å². The predicted molar refractivity (Wildman–Crippen MR) is 77.8 cm³/mol. The minimum absolute atomic E-state index is 0.644. The molecule has 1 atom stereocenters. The summed E-state index contributed by atoms with van der Waals surface area (Å²) < 4.78 is 0. The minimum Gasteiger partial charge on any atom is -0.317 e. The molecule has 0 bridgehead atoms. The molecule has 0 aliphatic rings. The van der Waals surface area contributed by atoms with Crippen LogP contribution in [0.2, 0.25) is 0 Å². The van der Waals surface area contributed by atoms with E-state index in [0.717, 1.165) is 11.9 Å². The van der Waals surface area contributed by atoms with Crippen LogP contribution < -0.4 is 5.32 Å². The van der Waals surface area contributed by atoms with Crippen LogP contribution in [-0.4, -0.2) is 18.1 Å². The number of hydrogen-bond acceptors (Lipinski definition) is 2. The summed E-state index contributed by atoms with van der Waals surface area (Å²) >= 11 is 0. The third-order valence-electron chi connectivity index (χ3n) is 3.54. The number of nitrogens with one attached hydrogen (secondary N) is 1. The van der Waals surface area contributed by atoms with Crippen molar-refractivity contribution in [1.29, 1.82) is 0 Å². The molecule has 1 unspecified atom stereocenters. The van der Waals surface area contributed by atoms with E-state index in [0.29, 0.717) is 6.04 Å². The summed E-state index contributed by atoms with van der Waals surface area (Å²) in [4.78, 5) is 4.70. The molecule has 0 spiro atoms. The van der Waals surface area contributed by atoms with E-state index in [2.05, 4.69) is 42.6 Å². The van der Waals surface area contributed by atoms with Crippen molar-refractivity contribution < 1.29 is 0 Å². The summed E-state index contributed by atoms with van der Waals surface area (Å²) in [6, 6.07) is 13.3. The molecule has 2 aromatic rings. The van der Waals surface area contributed by atoms with Gasteiger partial charge in [-0.3, -0.25) is 4.98 Å². The number of aromatic nitrogens is 1. The molecule has 2 heteroatoms. The van der Waals surface area contributed by atoms with Gasteiger partial charge in [0.1, 0.15) is 0 Å². The molecule has 0 aliphatic carbocycles. The zero-order valence-corrected chi connectivity index (χ0v) is 11.3. The lowest BCUT2D eigenvalue weighted by atomic mass is 10.1. The number of hydrogen-bond donors (Lipinski definition) is 1. The summed E-state index contributed by atoms with van der Waals surface area (Å²) in [6.45, 7) is 2.23. The second-order valence-electron chi connectivity index (χ2n) is 4.78. The molecule has 2 nitrogen and oxygen atoms in total. The fourth-order valence-corrected chi connectivity index (χ4v) is 2.33.